The highest BCUT2D eigenvalue weighted by molar-refractivity contribution is 5.89. The number of unbranched alkanes of at least 4 members (excludes halogenated alkanes) is 1. The Labute approximate surface area is 200 Å². The maximum atomic E-state index is 13.7. The minimum absolute atomic E-state index is 0.0153. The molecule has 0 bridgehead atoms. The van der Waals surface area contributed by atoms with Crippen LogP contribution in [0.3, 0.4) is 0 Å². The maximum absolute atomic E-state index is 13.7. The number of carbonyl (C=O) groups excluding carboxylic acids is 2. The van der Waals surface area contributed by atoms with Gasteiger partial charge in [0, 0.05) is 12.6 Å². The number of methoxy groups -OCH3 is 1. The van der Waals surface area contributed by atoms with Crippen molar-refractivity contribution in [2.24, 2.45) is 0 Å². The highest BCUT2D eigenvalue weighted by Crippen LogP contribution is 2.27. The Morgan fingerprint density at radius 3 is 2.74 bits per heavy atom. The number of hydrogen-bond donors (Lipinski definition) is 1. The number of ether oxygens (including phenoxy) is 1. The Kier molecular flexibility index (Phi) is 7.77. The van der Waals surface area contributed by atoms with Crippen molar-refractivity contribution in [3.05, 3.63) is 54.1 Å². The smallest absolute Gasteiger partial charge is 0.247 e. The molecule has 1 aliphatic carbocycles. The summed E-state index contributed by atoms with van der Waals surface area (Å²) < 4.78 is 7.02. The van der Waals surface area contributed by atoms with Crippen molar-refractivity contribution < 1.29 is 14.3 Å². The summed E-state index contributed by atoms with van der Waals surface area (Å²) in [4.78, 5) is 29.0. The van der Waals surface area contributed by atoms with Gasteiger partial charge in [-0.2, -0.15) is 0 Å². The van der Waals surface area contributed by atoms with Crippen LogP contribution in [0.5, 0.6) is 5.75 Å². The number of carbonyl (C=O) groups is 2. The first-order chi connectivity index (χ1) is 16.6. The van der Waals surface area contributed by atoms with Crippen molar-refractivity contribution >= 4 is 22.8 Å². The van der Waals surface area contributed by atoms with Crippen LogP contribution in [-0.4, -0.2) is 51.4 Å². The lowest BCUT2D eigenvalue weighted by Crippen LogP contribution is -2.47. The molecule has 0 spiro atoms. The molecule has 34 heavy (non-hydrogen) atoms. The number of nitrogens with zero attached hydrogens (tertiary/aromatic N) is 4. The highest BCUT2D eigenvalue weighted by Gasteiger charge is 2.33. The van der Waals surface area contributed by atoms with Gasteiger partial charge in [-0.1, -0.05) is 55.7 Å². The van der Waals surface area contributed by atoms with E-state index in [9.17, 15) is 9.59 Å². The average molecular weight is 464 g/mol. The van der Waals surface area contributed by atoms with Gasteiger partial charge >= 0.3 is 0 Å². The summed E-state index contributed by atoms with van der Waals surface area (Å²) in [5, 5.41) is 11.6. The summed E-state index contributed by atoms with van der Waals surface area (Å²) in [7, 11) is 1.60. The van der Waals surface area contributed by atoms with E-state index in [0.29, 0.717) is 12.3 Å². The number of hydrogen-bond acceptors (Lipinski definition) is 5. The van der Waals surface area contributed by atoms with Crippen molar-refractivity contribution in [2.75, 3.05) is 13.7 Å². The number of aromatic nitrogens is 3. The van der Waals surface area contributed by atoms with Gasteiger partial charge in [0.05, 0.1) is 12.6 Å². The second-order valence-corrected chi connectivity index (χ2v) is 8.85. The lowest BCUT2D eigenvalue weighted by molar-refractivity contribution is -0.141. The topological polar surface area (TPSA) is 89.4 Å². The van der Waals surface area contributed by atoms with Crippen LogP contribution < -0.4 is 10.1 Å². The number of rotatable bonds is 10. The van der Waals surface area contributed by atoms with Gasteiger partial charge in [0.1, 0.15) is 23.9 Å². The number of para-hydroxylation sites is 1. The minimum Gasteiger partial charge on any atom is -0.497 e. The summed E-state index contributed by atoms with van der Waals surface area (Å²) in [5.74, 6) is 0.341. The number of amides is 2. The summed E-state index contributed by atoms with van der Waals surface area (Å²) in [5.41, 5.74) is 2.26. The van der Waals surface area contributed by atoms with Gasteiger partial charge in [0.2, 0.25) is 11.8 Å². The van der Waals surface area contributed by atoms with E-state index in [4.69, 9.17) is 4.74 Å². The van der Waals surface area contributed by atoms with Gasteiger partial charge in [-0.25, -0.2) is 4.68 Å². The zero-order chi connectivity index (χ0) is 23.9. The molecule has 0 aliphatic heterocycles. The van der Waals surface area contributed by atoms with Crippen LogP contribution in [0.15, 0.2) is 48.5 Å². The third-order valence-corrected chi connectivity index (χ3v) is 6.45. The molecule has 0 radical (unpaired) electrons. The van der Waals surface area contributed by atoms with E-state index < -0.39 is 6.04 Å². The molecule has 0 saturated heterocycles. The van der Waals surface area contributed by atoms with Crippen LogP contribution in [0.4, 0.5) is 0 Å². The fraction of sp³-hybridized carbons (Fsp3) is 0.462. The van der Waals surface area contributed by atoms with Crippen molar-refractivity contribution in [1.82, 2.24) is 25.2 Å². The summed E-state index contributed by atoms with van der Waals surface area (Å²) >= 11 is 0. The largest absolute Gasteiger partial charge is 0.497 e. The van der Waals surface area contributed by atoms with Crippen LogP contribution in [0, 0.1) is 0 Å². The third kappa shape index (κ3) is 5.38. The van der Waals surface area contributed by atoms with Crippen LogP contribution in [-0.2, 0) is 16.1 Å². The first-order valence-electron chi connectivity index (χ1n) is 12.1. The van der Waals surface area contributed by atoms with Crippen LogP contribution >= 0.6 is 0 Å². The third-order valence-electron chi connectivity index (χ3n) is 6.45. The summed E-state index contributed by atoms with van der Waals surface area (Å²) in [6.45, 7) is 2.57. The maximum Gasteiger partial charge on any atom is 0.247 e. The molecule has 8 nitrogen and oxygen atoms in total. The molecular weight excluding hydrogens is 430 g/mol. The van der Waals surface area contributed by atoms with Crippen LogP contribution in [0.25, 0.3) is 11.0 Å². The standard InChI is InChI=1S/C26H33N5O3/c1-3-4-16-30(24(32)18-31-23-15-8-7-14-22(23)28-29-31)25(19-10-9-13-21(17-19)34-2)26(33)27-20-11-5-6-12-20/h7-10,13-15,17,20,25H,3-6,11-12,16,18H2,1-2H3,(H,27,33). The molecule has 1 unspecified atom stereocenters. The molecule has 1 fully saturated rings. The Balaban J connectivity index is 1.66. The van der Waals surface area contributed by atoms with E-state index >= 15 is 0 Å². The second-order valence-electron chi connectivity index (χ2n) is 8.85. The zero-order valence-corrected chi connectivity index (χ0v) is 19.9. The predicted molar refractivity (Wildman–Crippen MR) is 130 cm³/mol. The normalized spacial score (nSPS) is 14.8. The fourth-order valence-electron chi connectivity index (χ4n) is 4.61. The molecule has 3 aromatic rings. The van der Waals surface area contributed by atoms with E-state index in [-0.39, 0.29) is 24.4 Å². The molecule has 1 aliphatic rings. The molecule has 2 aromatic carbocycles. The van der Waals surface area contributed by atoms with Crippen LogP contribution in [0.2, 0.25) is 0 Å². The quantitative estimate of drug-likeness (QED) is 0.493. The average Bonchev–Trinajstić information content (AvgIpc) is 3.51. The molecule has 1 atom stereocenters. The lowest BCUT2D eigenvalue weighted by Gasteiger charge is -2.32. The van der Waals surface area contributed by atoms with Gasteiger partial charge in [-0.05, 0) is 49.1 Å². The van der Waals surface area contributed by atoms with Gasteiger partial charge < -0.3 is 15.0 Å². The molecular formula is C26H33N5O3. The number of fused-ring (bicyclic) bond motifs is 1. The van der Waals surface area contributed by atoms with Crippen molar-refractivity contribution in [2.45, 2.75) is 64.1 Å². The Morgan fingerprint density at radius 1 is 1.18 bits per heavy atom. The molecule has 2 amide bonds. The van der Waals surface area contributed by atoms with Crippen LogP contribution in [0.1, 0.15) is 57.1 Å². The van der Waals surface area contributed by atoms with Crippen molar-refractivity contribution in [3.63, 3.8) is 0 Å². The molecule has 1 aromatic heterocycles. The molecule has 1 heterocycles. The van der Waals surface area contributed by atoms with Gasteiger partial charge in [-0.15, -0.1) is 5.10 Å². The molecule has 1 saturated carbocycles. The fourth-order valence-corrected chi connectivity index (χ4v) is 4.61. The summed E-state index contributed by atoms with van der Waals surface area (Å²) in [6, 6.07) is 14.4. The van der Waals surface area contributed by atoms with E-state index in [1.54, 1.807) is 16.7 Å². The minimum atomic E-state index is -0.746. The first-order valence-corrected chi connectivity index (χ1v) is 12.1. The van der Waals surface area contributed by atoms with E-state index in [1.807, 2.05) is 48.5 Å². The van der Waals surface area contributed by atoms with Gasteiger partial charge in [0.15, 0.2) is 0 Å². The van der Waals surface area contributed by atoms with E-state index in [2.05, 4.69) is 22.6 Å². The molecule has 4 rings (SSSR count). The highest BCUT2D eigenvalue weighted by atomic mass is 16.5. The van der Waals surface area contributed by atoms with E-state index in [0.717, 1.165) is 55.1 Å². The van der Waals surface area contributed by atoms with Crippen molar-refractivity contribution in [3.8, 4) is 5.75 Å². The Morgan fingerprint density at radius 2 is 1.97 bits per heavy atom. The van der Waals surface area contributed by atoms with Gasteiger partial charge in [-0.3, -0.25) is 9.59 Å². The number of nitrogens with one attached hydrogen (secondary N) is 1. The zero-order valence-electron chi connectivity index (χ0n) is 19.9. The molecule has 1 N–H and O–H groups in total. The second kappa shape index (κ2) is 11.1. The SMILES string of the molecule is CCCCN(C(=O)Cn1nnc2ccccc21)C(C(=O)NC1CCCC1)c1cccc(OC)c1. The molecule has 8 heteroatoms. The Hall–Kier alpha value is -3.42. The van der Waals surface area contributed by atoms with E-state index in [1.165, 1.54) is 0 Å². The van der Waals surface area contributed by atoms with Gasteiger partial charge in [0.25, 0.3) is 0 Å². The lowest BCUT2D eigenvalue weighted by atomic mass is 10.0. The van der Waals surface area contributed by atoms with Crippen molar-refractivity contribution in [1.29, 1.82) is 0 Å². The molecule has 180 valence electrons. The summed E-state index contributed by atoms with van der Waals surface area (Å²) in [6.07, 6.45) is 5.89. The Bertz CT molecular complexity index is 1120. The predicted octanol–water partition coefficient (Wildman–Crippen LogP) is 3.87. The monoisotopic (exact) mass is 463 g/mol. The first kappa shape index (κ1) is 23.7. The number of benzene rings is 2.